The highest BCUT2D eigenvalue weighted by Crippen LogP contribution is 2.39. The second-order valence-electron chi connectivity index (χ2n) is 22.2. The number of carbonyl (C=O) groups excluding carboxylic acids is 3. The molecule has 0 saturated carbocycles. The number of Topliss-reactive ketones (excluding diaryl/α,β-unsaturated/α-hetero) is 1. The first kappa shape index (κ1) is 62.1. The highest BCUT2D eigenvalue weighted by Gasteiger charge is 2.51. The zero-order chi connectivity index (χ0) is 53.9. The van der Waals surface area contributed by atoms with E-state index in [2.05, 4.69) is 23.9 Å². The standard InChI is InChI=1S/C53H94N2O17/c1-18-19-20-55-25-32(8)66-40(22-30(55)6)70-46-33(9)43(72-51-42(58)38(54-64-17)23-31(7)67-51)28(4)24-53(14,61)49(59)35(11)45(69-39(56)21-27(2)3)34(10)44(71-50(60)36(46)12)29(5)26-65-52-48(63-16)47(62-15)41(57)37(13)68-52/h27-37,40-48,51-52,57-58,61H,18-26H2,1-17H3/b54-38+/t28-,29-,30?,31+,32-,33+,34-,35+,36+,37+,40-,41+,42+,43-,44+,45+,46-,47+,48+,51-,52+,53-/m0/s1. The molecular weight excluding hydrogens is 937 g/mol. The van der Waals surface area contributed by atoms with Crippen LogP contribution in [0.1, 0.15) is 135 Å². The summed E-state index contributed by atoms with van der Waals surface area (Å²) in [5.41, 5.74) is -1.69. The summed E-state index contributed by atoms with van der Waals surface area (Å²) >= 11 is 0. The lowest BCUT2D eigenvalue weighted by Crippen LogP contribution is -2.59. The first-order valence-electron chi connectivity index (χ1n) is 26.6. The van der Waals surface area contributed by atoms with Crippen molar-refractivity contribution in [1.29, 1.82) is 0 Å². The summed E-state index contributed by atoms with van der Waals surface area (Å²) in [7, 11) is 4.32. The van der Waals surface area contributed by atoms with Crippen LogP contribution in [0.15, 0.2) is 5.16 Å². The van der Waals surface area contributed by atoms with Crippen LogP contribution >= 0.6 is 0 Å². The number of ether oxygens (including phenoxy) is 10. The fourth-order valence-electron chi connectivity index (χ4n) is 11.3. The Morgan fingerprint density at radius 1 is 0.833 bits per heavy atom. The molecule has 0 spiro atoms. The number of ketones is 1. The first-order valence-corrected chi connectivity index (χ1v) is 26.6. The second kappa shape index (κ2) is 28.1. The van der Waals surface area contributed by atoms with Gasteiger partial charge in [-0.3, -0.25) is 19.3 Å². The second-order valence-corrected chi connectivity index (χ2v) is 22.2. The summed E-state index contributed by atoms with van der Waals surface area (Å²) in [5.74, 6) is -6.83. The lowest BCUT2D eigenvalue weighted by atomic mass is 9.74. The van der Waals surface area contributed by atoms with E-state index < -0.39 is 139 Å². The molecule has 72 heavy (non-hydrogen) atoms. The minimum absolute atomic E-state index is 0.0527. The number of aliphatic hydroxyl groups is 3. The van der Waals surface area contributed by atoms with Crippen molar-refractivity contribution in [2.45, 2.75) is 233 Å². The molecule has 0 bridgehead atoms. The summed E-state index contributed by atoms with van der Waals surface area (Å²) in [5, 5.41) is 39.0. The molecule has 19 nitrogen and oxygen atoms in total. The predicted molar refractivity (Wildman–Crippen MR) is 266 cm³/mol. The van der Waals surface area contributed by atoms with Gasteiger partial charge in [0.1, 0.15) is 49.3 Å². The molecule has 0 radical (unpaired) electrons. The molecule has 418 valence electrons. The predicted octanol–water partition coefficient (Wildman–Crippen LogP) is 5.44. The number of nitrogens with zero attached hydrogens (tertiary/aromatic N) is 2. The Bertz CT molecular complexity index is 1720. The van der Waals surface area contributed by atoms with Gasteiger partial charge < -0.3 is 67.5 Å². The molecule has 0 aromatic heterocycles. The molecule has 22 atom stereocenters. The topological polar surface area (TPSA) is 229 Å². The number of hydrogen-bond donors (Lipinski definition) is 3. The first-order chi connectivity index (χ1) is 33.8. The van der Waals surface area contributed by atoms with E-state index in [0.29, 0.717) is 18.7 Å². The number of methoxy groups -OCH3 is 2. The van der Waals surface area contributed by atoms with Crippen LogP contribution in [-0.4, -0.2) is 182 Å². The summed E-state index contributed by atoms with van der Waals surface area (Å²) in [4.78, 5) is 51.4. The van der Waals surface area contributed by atoms with Crippen molar-refractivity contribution >= 4 is 23.4 Å². The van der Waals surface area contributed by atoms with Gasteiger partial charge in [-0.25, -0.2) is 0 Å². The SMILES string of the molecule is CCCCN1C[C@H](C)O[C@@H](O[C@H]2[C@H](C)[C@@H](O[C@@H]3O[C@H](C)C/C(=N\OC)[C@H]3O)[C@@H](C)C[C@](C)(O)C(=O)[C@H](C)[C@H](OC(=O)CC(C)C)[C@@H](C)[C@@H]([C@@H](C)CO[C@@H]3O[C@H](C)[C@@H](O)[C@@H](OC)[C@H]3OC)OC(=O)[C@@H]2C)CC1C. The Hall–Kier alpha value is -2.40. The lowest BCUT2D eigenvalue weighted by Gasteiger charge is -2.44. The van der Waals surface area contributed by atoms with Crippen LogP contribution in [0.25, 0.3) is 0 Å². The number of hydrogen-bond acceptors (Lipinski definition) is 19. The Morgan fingerprint density at radius 3 is 2.11 bits per heavy atom. The number of esters is 2. The van der Waals surface area contributed by atoms with Crippen molar-refractivity contribution in [3.63, 3.8) is 0 Å². The number of cyclic esters (lactones) is 1. The van der Waals surface area contributed by atoms with E-state index in [0.717, 1.165) is 19.4 Å². The molecule has 4 heterocycles. The van der Waals surface area contributed by atoms with E-state index >= 15 is 4.79 Å². The van der Waals surface area contributed by atoms with Gasteiger partial charge in [0.15, 0.2) is 24.7 Å². The van der Waals surface area contributed by atoms with Gasteiger partial charge in [0.25, 0.3) is 0 Å². The molecule has 1 unspecified atom stereocenters. The van der Waals surface area contributed by atoms with Gasteiger partial charge in [-0.2, -0.15) is 0 Å². The fraction of sp³-hybridized carbons (Fsp3) is 0.925. The third-order valence-corrected chi connectivity index (χ3v) is 15.2. The Balaban J connectivity index is 1.88. The van der Waals surface area contributed by atoms with Gasteiger partial charge in [0.2, 0.25) is 0 Å². The number of rotatable bonds is 17. The Kier molecular flexibility index (Phi) is 24.3. The lowest BCUT2D eigenvalue weighted by molar-refractivity contribution is -0.305. The number of carbonyl (C=O) groups is 3. The van der Waals surface area contributed by atoms with Gasteiger partial charge >= 0.3 is 11.9 Å². The maximum absolute atomic E-state index is 15.3. The van der Waals surface area contributed by atoms with Gasteiger partial charge in [0.05, 0.1) is 54.7 Å². The molecule has 4 aliphatic rings. The van der Waals surface area contributed by atoms with E-state index in [1.54, 1.807) is 27.7 Å². The molecule has 4 aliphatic heterocycles. The van der Waals surface area contributed by atoms with Gasteiger partial charge in [0, 0.05) is 63.8 Å². The van der Waals surface area contributed by atoms with Crippen LogP contribution < -0.4 is 0 Å². The highest BCUT2D eigenvalue weighted by molar-refractivity contribution is 5.90. The minimum Gasteiger partial charge on any atom is -0.461 e. The molecule has 0 aromatic carbocycles. The highest BCUT2D eigenvalue weighted by atomic mass is 16.7. The van der Waals surface area contributed by atoms with E-state index in [1.165, 1.54) is 28.3 Å². The fourth-order valence-corrected chi connectivity index (χ4v) is 11.3. The normalized spacial score (nSPS) is 42.4. The number of aliphatic hydroxyl groups excluding tert-OH is 2. The van der Waals surface area contributed by atoms with Gasteiger partial charge in [-0.05, 0) is 72.8 Å². The average Bonchev–Trinajstić information content (AvgIpc) is 3.45. The van der Waals surface area contributed by atoms with Crippen molar-refractivity contribution in [3.8, 4) is 0 Å². The molecule has 4 saturated heterocycles. The van der Waals surface area contributed by atoms with E-state index in [4.69, 9.17) is 52.2 Å². The quantitative estimate of drug-likeness (QED) is 0.122. The zero-order valence-electron chi connectivity index (χ0n) is 46.5. The Morgan fingerprint density at radius 2 is 1.50 bits per heavy atom. The Labute approximate surface area is 429 Å². The molecule has 4 fully saturated rings. The number of unbranched alkanes of at least 4 members (excludes halogenated alkanes) is 1. The average molecular weight is 1030 g/mol. The third kappa shape index (κ3) is 16.1. The van der Waals surface area contributed by atoms with Crippen molar-refractivity contribution in [2.24, 2.45) is 46.6 Å². The van der Waals surface area contributed by atoms with Crippen LogP contribution in [0.5, 0.6) is 0 Å². The van der Waals surface area contributed by atoms with Crippen LogP contribution in [-0.2, 0) is 66.6 Å². The minimum atomic E-state index is -2.01. The molecule has 3 N–H and O–H groups in total. The zero-order valence-corrected chi connectivity index (χ0v) is 46.5. The molecule has 0 aromatic rings. The molecule has 4 rings (SSSR count). The van der Waals surface area contributed by atoms with Gasteiger partial charge in [-0.15, -0.1) is 0 Å². The van der Waals surface area contributed by atoms with E-state index in [9.17, 15) is 24.9 Å². The third-order valence-electron chi connectivity index (χ3n) is 15.2. The molecule has 19 heteroatoms. The molecule has 0 amide bonds. The largest absolute Gasteiger partial charge is 0.461 e. The maximum Gasteiger partial charge on any atom is 0.311 e. The summed E-state index contributed by atoms with van der Waals surface area (Å²) in [6, 6.07) is 0.0695. The number of oxime groups is 1. The van der Waals surface area contributed by atoms with Crippen LogP contribution in [0, 0.1) is 41.4 Å². The van der Waals surface area contributed by atoms with Crippen molar-refractivity contribution in [2.75, 3.05) is 41.0 Å². The monoisotopic (exact) mass is 1030 g/mol. The van der Waals surface area contributed by atoms with Crippen LogP contribution in [0.2, 0.25) is 0 Å². The summed E-state index contributed by atoms with van der Waals surface area (Å²) in [6.07, 6.45) is -9.70. The summed E-state index contributed by atoms with van der Waals surface area (Å²) in [6.45, 7) is 27.2. The maximum atomic E-state index is 15.3. The molecular formula is C53H94N2O17. The van der Waals surface area contributed by atoms with Crippen molar-refractivity contribution in [3.05, 3.63) is 0 Å². The van der Waals surface area contributed by atoms with E-state index in [-0.39, 0.29) is 43.9 Å². The van der Waals surface area contributed by atoms with Crippen molar-refractivity contribution < 1.29 is 81.9 Å². The molecule has 0 aliphatic carbocycles. The summed E-state index contributed by atoms with van der Waals surface area (Å²) < 4.78 is 63.5. The van der Waals surface area contributed by atoms with E-state index in [1.807, 2.05) is 48.5 Å². The van der Waals surface area contributed by atoms with Crippen LogP contribution in [0.4, 0.5) is 0 Å². The van der Waals surface area contributed by atoms with Crippen LogP contribution in [0.3, 0.4) is 0 Å². The van der Waals surface area contributed by atoms with Gasteiger partial charge in [-0.1, -0.05) is 67.0 Å². The smallest absolute Gasteiger partial charge is 0.311 e. The van der Waals surface area contributed by atoms with Crippen molar-refractivity contribution in [1.82, 2.24) is 4.90 Å².